The van der Waals surface area contributed by atoms with Crippen LogP contribution >= 0.6 is 0 Å². The lowest BCUT2D eigenvalue weighted by Crippen LogP contribution is -2.02. The van der Waals surface area contributed by atoms with Crippen LogP contribution in [0, 0.1) is 10.1 Å². The van der Waals surface area contributed by atoms with E-state index in [0.29, 0.717) is 30.5 Å². The summed E-state index contributed by atoms with van der Waals surface area (Å²) < 4.78 is 10.9. The normalized spacial score (nSPS) is 18.7. The number of aromatic nitrogens is 3. The molecule has 0 amide bonds. The van der Waals surface area contributed by atoms with E-state index in [9.17, 15) is 10.1 Å². The number of nitrogens with zero attached hydrogens (tertiary/aromatic N) is 4. The van der Waals surface area contributed by atoms with Gasteiger partial charge in [-0.3, -0.25) is 15.1 Å². The van der Waals surface area contributed by atoms with Crippen molar-refractivity contribution in [2.75, 3.05) is 0 Å². The number of nitro groups is 1. The molecular weight excluding hydrogens is 324 g/mol. The highest BCUT2D eigenvalue weighted by Gasteiger charge is 2.53. The Balaban J connectivity index is 1.46. The fourth-order valence-corrected chi connectivity index (χ4v) is 2.56. The van der Waals surface area contributed by atoms with Gasteiger partial charge in [0.25, 0.3) is 0 Å². The molecule has 25 heavy (non-hydrogen) atoms. The summed E-state index contributed by atoms with van der Waals surface area (Å²) in [6.07, 6.45) is 3.90. The average molecular weight is 338 g/mol. The lowest BCUT2D eigenvalue weighted by atomic mass is 10.2. The van der Waals surface area contributed by atoms with Gasteiger partial charge in [-0.15, -0.1) is 0 Å². The highest BCUT2D eigenvalue weighted by Crippen LogP contribution is 2.42. The first-order valence-corrected chi connectivity index (χ1v) is 7.80. The van der Waals surface area contributed by atoms with Crippen molar-refractivity contribution >= 4 is 0 Å². The van der Waals surface area contributed by atoms with E-state index in [1.54, 1.807) is 12.4 Å². The van der Waals surface area contributed by atoms with Crippen LogP contribution < -0.4 is 4.74 Å². The molecular formula is C17H14N4O4. The number of pyridine rings is 1. The van der Waals surface area contributed by atoms with Gasteiger partial charge >= 0.3 is 0 Å². The standard InChI is InChI=1S/C17H14N4O4/c22-21(23)15-8-14(15)17-19-16(20-25-17)12-4-1-5-13(7-12)24-10-11-3-2-6-18-9-11/h1-7,9,14-15H,8,10H2/t14-,15+/m1/s1. The molecule has 0 aliphatic heterocycles. The highest BCUT2D eigenvalue weighted by atomic mass is 16.6. The van der Waals surface area contributed by atoms with Gasteiger partial charge in [0.05, 0.1) is 0 Å². The maximum atomic E-state index is 10.8. The van der Waals surface area contributed by atoms with Gasteiger partial charge in [-0.2, -0.15) is 4.98 Å². The van der Waals surface area contributed by atoms with Crippen molar-refractivity contribution < 1.29 is 14.2 Å². The fourth-order valence-electron chi connectivity index (χ4n) is 2.56. The Morgan fingerprint density at radius 3 is 3.00 bits per heavy atom. The zero-order valence-corrected chi connectivity index (χ0v) is 13.1. The third kappa shape index (κ3) is 3.32. The molecule has 3 aromatic rings. The van der Waals surface area contributed by atoms with Crippen LogP contribution in [0.1, 0.15) is 23.8 Å². The van der Waals surface area contributed by atoms with E-state index >= 15 is 0 Å². The number of benzene rings is 1. The number of hydrogen-bond acceptors (Lipinski definition) is 7. The van der Waals surface area contributed by atoms with Crippen LogP contribution in [0.3, 0.4) is 0 Å². The second-order valence-corrected chi connectivity index (χ2v) is 5.83. The minimum atomic E-state index is -0.609. The van der Waals surface area contributed by atoms with Gasteiger partial charge in [0.2, 0.25) is 17.8 Å². The van der Waals surface area contributed by atoms with Crippen LogP contribution in [0.2, 0.25) is 0 Å². The first kappa shape index (κ1) is 15.3. The van der Waals surface area contributed by atoms with E-state index in [4.69, 9.17) is 9.26 Å². The molecule has 0 N–H and O–H groups in total. The lowest BCUT2D eigenvalue weighted by Gasteiger charge is -2.06. The molecule has 0 spiro atoms. The average Bonchev–Trinajstić information content (AvgIpc) is 3.31. The second kappa shape index (κ2) is 6.31. The zero-order valence-electron chi connectivity index (χ0n) is 13.1. The maximum absolute atomic E-state index is 10.8. The molecule has 4 rings (SSSR count). The lowest BCUT2D eigenvalue weighted by molar-refractivity contribution is -0.496. The Morgan fingerprint density at radius 2 is 2.24 bits per heavy atom. The Hall–Kier alpha value is -3.29. The van der Waals surface area contributed by atoms with E-state index in [0.717, 1.165) is 11.1 Å². The summed E-state index contributed by atoms with van der Waals surface area (Å²) in [6, 6.07) is 10.5. The van der Waals surface area contributed by atoms with Crippen LogP contribution in [0.5, 0.6) is 5.75 Å². The molecule has 2 atom stereocenters. The number of rotatable bonds is 6. The Bertz CT molecular complexity index is 896. The van der Waals surface area contributed by atoms with Gasteiger partial charge < -0.3 is 9.26 Å². The SMILES string of the molecule is O=[N+]([O-])[C@H]1C[C@H]1c1nc(-c2cccc(OCc3cccnc3)c2)no1. The van der Waals surface area contributed by atoms with E-state index in [1.165, 1.54) is 0 Å². The van der Waals surface area contributed by atoms with Gasteiger partial charge in [-0.25, -0.2) is 0 Å². The van der Waals surface area contributed by atoms with Crippen LogP contribution in [-0.4, -0.2) is 26.1 Å². The van der Waals surface area contributed by atoms with Crippen molar-refractivity contribution in [2.45, 2.75) is 25.0 Å². The Kier molecular flexibility index (Phi) is 3.85. The summed E-state index contributed by atoms with van der Waals surface area (Å²) >= 11 is 0. The van der Waals surface area contributed by atoms with Crippen molar-refractivity contribution in [3.63, 3.8) is 0 Å². The number of ether oxygens (including phenoxy) is 1. The third-order valence-electron chi connectivity index (χ3n) is 4.01. The maximum Gasteiger partial charge on any atom is 0.237 e. The molecule has 8 nitrogen and oxygen atoms in total. The molecule has 1 aromatic carbocycles. The third-order valence-corrected chi connectivity index (χ3v) is 4.01. The summed E-state index contributed by atoms with van der Waals surface area (Å²) in [4.78, 5) is 18.8. The summed E-state index contributed by atoms with van der Waals surface area (Å²) in [6.45, 7) is 0.404. The topological polar surface area (TPSA) is 104 Å². The van der Waals surface area contributed by atoms with Gasteiger partial charge in [0.15, 0.2) is 0 Å². The van der Waals surface area contributed by atoms with Crippen LogP contribution in [0.4, 0.5) is 0 Å². The van der Waals surface area contributed by atoms with Crippen LogP contribution in [-0.2, 0) is 6.61 Å². The van der Waals surface area contributed by atoms with Gasteiger partial charge in [-0.1, -0.05) is 23.4 Å². The minimum absolute atomic E-state index is 0.277. The fraction of sp³-hybridized carbons (Fsp3) is 0.235. The molecule has 8 heteroatoms. The zero-order chi connectivity index (χ0) is 17.2. The molecule has 1 aliphatic carbocycles. The van der Waals surface area contributed by atoms with Gasteiger partial charge in [0, 0.05) is 34.9 Å². The van der Waals surface area contributed by atoms with E-state index in [2.05, 4.69) is 15.1 Å². The summed E-state index contributed by atoms with van der Waals surface area (Å²) in [7, 11) is 0. The van der Waals surface area contributed by atoms with E-state index in [-0.39, 0.29) is 10.8 Å². The highest BCUT2D eigenvalue weighted by molar-refractivity contribution is 5.57. The van der Waals surface area contributed by atoms with Crippen LogP contribution in [0.15, 0.2) is 53.3 Å². The first-order chi connectivity index (χ1) is 12.2. The second-order valence-electron chi connectivity index (χ2n) is 5.83. The molecule has 0 radical (unpaired) electrons. The quantitative estimate of drug-likeness (QED) is 0.502. The van der Waals surface area contributed by atoms with Crippen molar-refractivity contribution in [1.82, 2.24) is 15.1 Å². The first-order valence-electron chi connectivity index (χ1n) is 7.80. The molecule has 2 heterocycles. The molecule has 0 saturated heterocycles. The largest absolute Gasteiger partial charge is 0.489 e. The smallest absolute Gasteiger partial charge is 0.237 e. The molecule has 2 aromatic heterocycles. The summed E-state index contributed by atoms with van der Waals surface area (Å²) in [5, 5.41) is 14.7. The monoisotopic (exact) mass is 338 g/mol. The van der Waals surface area contributed by atoms with Crippen molar-refractivity contribution in [3.05, 3.63) is 70.4 Å². The van der Waals surface area contributed by atoms with Crippen molar-refractivity contribution in [1.29, 1.82) is 0 Å². The summed E-state index contributed by atoms with van der Waals surface area (Å²) in [5.41, 5.74) is 1.70. The summed E-state index contributed by atoms with van der Waals surface area (Å²) in [5.74, 6) is 1.11. The van der Waals surface area contributed by atoms with Crippen molar-refractivity contribution in [2.24, 2.45) is 0 Å². The molecule has 126 valence electrons. The van der Waals surface area contributed by atoms with Gasteiger partial charge in [0.1, 0.15) is 18.3 Å². The Morgan fingerprint density at radius 1 is 1.32 bits per heavy atom. The van der Waals surface area contributed by atoms with E-state index in [1.807, 2.05) is 36.4 Å². The van der Waals surface area contributed by atoms with Crippen LogP contribution in [0.25, 0.3) is 11.4 Å². The van der Waals surface area contributed by atoms with Gasteiger partial charge in [-0.05, 0) is 18.2 Å². The predicted octanol–water partition coefficient (Wildman–Crippen LogP) is 2.84. The van der Waals surface area contributed by atoms with E-state index < -0.39 is 6.04 Å². The molecule has 1 fully saturated rings. The molecule has 1 aliphatic rings. The molecule has 1 saturated carbocycles. The minimum Gasteiger partial charge on any atom is -0.489 e. The number of hydrogen-bond donors (Lipinski definition) is 0. The Labute approximate surface area is 142 Å². The van der Waals surface area contributed by atoms with Crippen molar-refractivity contribution in [3.8, 4) is 17.1 Å². The molecule has 0 bridgehead atoms. The molecule has 0 unspecified atom stereocenters. The predicted molar refractivity (Wildman–Crippen MR) is 86.4 cm³/mol.